The maximum absolute atomic E-state index is 9.82. The Balaban J connectivity index is 1.65. The van der Waals surface area contributed by atoms with Crippen LogP contribution < -0.4 is 0 Å². The number of fused-ring (bicyclic) bond motifs is 1. The van der Waals surface area contributed by atoms with Gasteiger partial charge in [-0.15, -0.1) is 0 Å². The van der Waals surface area contributed by atoms with Crippen LogP contribution in [0.4, 0.5) is 0 Å². The molecule has 1 aliphatic carbocycles. The van der Waals surface area contributed by atoms with E-state index in [2.05, 4.69) is 18.7 Å². The molecule has 3 heteroatoms. The molecule has 3 nitrogen and oxygen atoms in total. The summed E-state index contributed by atoms with van der Waals surface area (Å²) in [6, 6.07) is 0. The van der Waals surface area contributed by atoms with Crippen molar-refractivity contribution in [1.29, 1.82) is 0 Å². The minimum Gasteiger partial charge on any atom is -0.389 e. The zero-order chi connectivity index (χ0) is 11.9. The van der Waals surface area contributed by atoms with E-state index in [4.69, 9.17) is 4.74 Å². The number of likely N-dealkylation sites (tertiary alicyclic amines) is 1. The highest BCUT2D eigenvalue weighted by atomic mass is 16.5. The first-order valence-electron chi connectivity index (χ1n) is 6.43. The Morgan fingerprint density at radius 1 is 1.31 bits per heavy atom. The van der Waals surface area contributed by atoms with Crippen molar-refractivity contribution in [2.45, 2.75) is 39.9 Å². The molecule has 3 atom stereocenters. The Morgan fingerprint density at radius 3 is 2.38 bits per heavy atom. The Labute approximate surface area is 98.8 Å². The van der Waals surface area contributed by atoms with E-state index in [1.807, 2.05) is 13.8 Å². The molecule has 1 heterocycles. The van der Waals surface area contributed by atoms with Crippen LogP contribution in [0.15, 0.2) is 0 Å². The Kier molecular flexibility index (Phi) is 3.30. The average Bonchev–Trinajstić information content (AvgIpc) is 2.61. The van der Waals surface area contributed by atoms with Gasteiger partial charge in [0.15, 0.2) is 0 Å². The monoisotopic (exact) mass is 227 g/mol. The predicted octanol–water partition coefficient (Wildman–Crippen LogP) is 1.36. The number of rotatable bonds is 5. The summed E-state index contributed by atoms with van der Waals surface area (Å²) in [5.74, 6) is 1.73. The third-order valence-electron chi connectivity index (χ3n) is 4.29. The average molecular weight is 227 g/mol. The van der Waals surface area contributed by atoms with Crippen molar-refractivity contribution in [1.82, 2.24) is 4.90 Å². The molecular weight excluding hydrogens is 202 g/mol. The molecule has 0 radical (unpaired) electrons. The smallest absolute Gasteiger partial charge is 0.0900 e. The van der Waals surface area contributed by atoms with Gasteiger partial charge in [-0.2, -0.15) is 0 Å². The number of piperidine rings is 1. The summed E-state index contributed by atoms with van der Waals surface area (Å²) in [6.45, 7) is 12.3. The number of nitrogens with zero attached hydrogens (tertiary/aromatic N) is 1. The first-order chi connectivity index (χ1) is 7.41. The maximum atomic E-state index is 9.82. The van der Waals surface area contributed by atoms with Crippen molar-refractivity contribution in [2.75, 3.05) is 26.2 Å². The molecule has 0 aromatic carbocycles. The van der Waals surface area contributed by atoms with Crippen LogP contribution in [0, 0.1) is 17.3 Å². The lowest BCUT2D eigenvalue weighted by Crippen LogP contribution is -2.36. The summed E-state index contributed by atoms with van der Waals surface area (Å²) in [6.07, 6.45) is -0.122. The molecule has 3 unspecified atom stereocenters. The Bertz CT molecular complexity index is 238. The molecule has 0 bridgehead atoms. The second-order valence-corrected chi connectivity index (χ2v) is 6.29. The maximum Gasteiger partial charge on any atom is 0.0900 e. The molecule has 94 valence electrons. The van der Waals surface area contributed by atoms with E-state index >= 15 is 0 Å². The van der Waals surface area contributed by atoms with E-state index < -0.39 is 0 Å². The van der Waals surface area contributed by atoms with Crippen molar-refractivity contribution in [2.24, 2.45) is 17.3 Å². The number of ether oxygens (including phenoxy) is 1. The molecule has 2 fully saturated rings. The minimum atomic E-state index is -0.331. The SMILES string of the molecule is CC(C)OCC(O)CN1CC2C(C1)C2(C)C. The summed E-state index contributed by atoms with van der Waals surface area (Å²) in [7, 11) is 0. The summed E-state index contributed by atoms with van der Waals surface area (Å²) < 4.78 is 5.42. The standard InChI is InChI=1S/C13H25NO2/c1-9(2)16-8-10(15)5-14-6-11-12(7-14)13(11,3)4/h9-12,15H,5-8H2,1-4H3. The first-order valence-corrected chi connectivity index (χ1v) is 6.43. The van der Waals surface area contributed by atoms with Crippen molar-refractivity contribution in [3.05, 3.63) is 0 Å². The first kappa shape index (κ1) is 12.3. The van der Waals surface area contributed by atoms with Gasteiger partial charge < -0.3 is 14.7 Å². The topological polar surface area (TPSA) is 32.7 Å². The fourth-order valence-electron chi connectivity index (χ4n) is 3.02. The molecule has 16 heavy (non-hydrogen) atoms. The molecule has 0 aromatic heterocycles. The van der Waals surface area contributed by atoms with E-state index in [1.54, 1.807) is 0 Å². The normalized spacial score (nSPS) is 34.1. The van der Waals surface area contributed by atoms with Gasteiger partial charge in [-0.3, -0.25) is 0 Å². The summed E-state index contributed by atoms with van der Waals surface area (Å²) >= 11 is 0. The highest BCUT2D eigenvalue weighted by Gasteiger charge is 2.61. The van der Waals surface area contributed by atoms with E-state index in [9.17, 15) is 5.11 Å². The van der Waals surface area contributed by atoms with Crippen LogP contribution in [0.2, 0.25) is 0 Å². The lowest BCUT2D eigenvalue weighted by Gasteiger charge is -2.24. The van der Waals surface area contributed by atoms with Crippen LogP contribution in [-0.2, 0) is 4.74 Å². The molecule has 0 amide bonds. The molecule has 2 aliphatic rings. The van der Waals surface area contributed by atoms with Gasteiger partial charge in [-0.1, -0.05) is 13.8 Å². The third-order valence-corrected chi connectivity index (χ3v) is 4.29. The van der Waals surface area contributed by atoms with Gasteiger partial charge in [-0.25, -0.2) is 0 Å². The van der Waals surface area contributed by atoms with Gasteiger partial charge in [0.1, 0.15) is 0 Å². The van der Waals surface area contributed by atoms with Crippen molar-refractivity contribution >= 4 is 0 Å². The van der Waals surface area contributed by atoms with E-state index in [0.29, 0.717) is 12.0 Å². The molecule has 1 N–H and O–H groups in total. The van der Waals surface area contributed by atoms with Crippen molar-refractivity contribution < 1.29 is 9.84 Å². The second-order valence-electron chi connectivity index (χ2n) is 6.29. The van der Waals surface area contributed by atoms with Crippen LogP contribution in [0.5, 0.6) is 0 Å². The lowest BCUT2D eigenvalue weighted by molar-refractivity contribution is -0.00805. The molecule has 2 rings (SSSR count). The fourth-order valence-corrected chi connectivity index (χ4v) is 3.02. The van der Waals surface area contributed by atoms with E-state index in [1.165, 1.54) is 0 Å². The number of hydrogen-bond donors (Lipinski definition) is 1. The number of aliphatic hydroxyl groups is 1. The second kappa shape index (κ2) is 4.28. The highest BCUT2D eigenvalue weighted by Crippen LogP contribution is 2.61. The molecule has 0 aromatic rings. The predicted molar refractivity (Wildman–Crippen MR) is 64.3 cm³/mol. The van der Waals surface area contributed by atoms with Gasteiger partial charge >= 0.3 is 0 Å². The Hall–Kier alpha value is -0.120. The largest absolute Gasteiger partial charge is 0.389 e. The molecule has 1 saturated carbocycles. The number of hydrogen-bond acceptors (Lipinski definition) is 3. The number of β-amino-alcohol motifs (C(OH)–C–C–N with tert-alkyl or cyclic N) is 1. The van der Waals surface area contributed by atoms with Crippen LogP contribution in [0.3, 0.4) is 0 Å². The van der Waals surface area contributed by atoms with E-state index in [-0.39, 0.29) is 12.2 Å². The molecule has 1 aliphatic heterocycles. The zero-order valence-corrected chi connectivity index (χ0v) is 10.9. The van der Waals surface area contributed by atoms with E-state index in [0.717, 1.165) is 31.5 Å². The molecule has 0 spiro atoms. The van der Waals surface area contributed by atoms with Crippen molar-refractivity contribution in [3.8, 4) is 0 Å². The van der Waals surface area contributed by atoms with Gasteiger partial charge in [0.2, 0.25) is 0 Å². The van der Waals surface area contributed by atoms with Crippen LogP contribution in [-0.4, -0.2) is 48.5 Å². The highest BCUT2D eigenvalue weighted by molar-refractivity contribution is 5.11. The zero-order valence-electron chi connectivity index (χ0n) is 10.9. The lowest BCUT2D eigenvalue weighted by atomic mass is 10.1. The van der Waals surface area contributed by atoms with Crippen LogP contribution in [0.1, 0.15) is 27.7 Å². The van der Waals surface area contributed by atoms with Crippen LogP contribution >= 0.6 is 0 Å². The molecular formula is C13H25NO2. The van der Waals surface area contributed by atoms with Gasteiger partial charge in [0.05, 0.1) is 18.8 Å². The van der Waals surface area contributed by atoms with Gasteiger partial charge in [-0.05, 0) is 31.1 Å². The van der Waals surface area contributed by atoms with Crippen molar-refractivity contribution in [3.63, 3.8) is 0 Å². The van der Waals surface area contributed by atoms with Crippen LogP contribution in [0.25, 0.3) is 0 Å². The minimum absolute atomic E-state index is 0.209. The third kappa shape index (κ3) is 2.41. The fraction of sp³-hybridized carbons (Fsp3) is 1.00. The van der Waals surface area contributed by atoms with Gasteiger partial charge in [0, 0.05) is 19.6 Å². The summed E-state index contributed by atoms with van der Waals surface area (Å²) in [4.78, 5) is 2.38. The van der Waals surface area contributed by atoms with Gasteiger partial charge in [0.25, 0.3) is 0 Å². The number of aliphatic hydroxyl groups excluding tert-OH is 1. The Morgan fingerprint density at radius 2 is 1.88 bits per heavy atom. The summed E-state index contributed by atoms with van der Waals surface area (Å²) in [5.41, 5.74) is 0.565. The summed E-state index contributed by atoms with van der Waals surface area (Å²) in [5, 5.41) is 9.82. The quantitative estimate of drug-likeness (QED) is 0.770. The molecule has 1 saturated heterocycles.